The molecule has 1 aliphatic rings. The molecule has 0 fully saturated rings. The maximum Gasteiger partial charge on any atom is 0.434 e. The number of hydrogen-bond donors (Lipinski definition) is 0. The molecule has 1 aliphatic heterocycles. The Hall–Kier alpha value is -1.92. The summed E-state index contributed by atoms with van der Waals surface area (Å²) in [5.74, 6) is -0.0970. The van der Waals surface area contributed by atoms with E-state index < -0.39 is 29.1 Å². The van der Waals surface area contributed by atoms with Gasteiger partial charge in [-0.1, -0.05) is 0 Å². The Morgan fingerprint density at radius 1 is 1.27 bits per heavy atom. The van der Waals surface area contributed by atoms with Crippen molar-refractivity contribution < 1.29 is 23.8 Å². The Morgan fingerprint density at radius 2 is 1.86 bits per heavy atom. The van der Waals surface area contributed by atoms with Crippen molar-refractivity contribution in [1.82, 2.24) is 0 Å². The summed E-state index contributed by atoms with van der Waals surface area (Å²) in [6.07, 6.45) is -0.666. The van der Waals surface area contributed by atoms with Crippen LogP contribution in [-0.4, -0.2) is 49.0 Å². The molecule has 1 amide bonds. The van der Waals surface area contributed by atoms with E-state index in [0.29, 0.717) is 11.6 Å². The van der Waals surface area contributed by atoms with E-state index in [4.69, 9.17) is 9.47 Å². The van der Waals surface area contributed by atoms with Crippen molar-refractivity contribution in [3.8, 4) is 0 Å². The van der Waals surface area contributed by atoms with E-state index in [0.717, 1.165) is 0 Å². The molecule has 0 aromatic carbocycles. The van der Waals surface area contributed by atoms with Crippen LogP contribution in [0.25, 0.3) is 0 Å². The molecule has 1 unspecified atom stereocenters. The number of aliphatic imine (C=N–C) groups is 2. The minimum atomic E-state index is -0.723. The van der Waals surface area contributed by atoms with E-state index in [1.54, 1.807) is 27.7 Å². The van der Waals surface area contributed by atoms with Gasteiger partial charge in [-0.3, -0.25) is 0 Å². The van der Waals surface area contributed by atoms with Crippen LogP contribution in [0.3, 0.4) is 0 Å². The molecular formula is C15H24N2O5. The first-order valence-electron chi connectivity index (χ1n) is 7.05. The summed E-state index contributed by atoms with van der Waals surface area (Å²) < 4.78 is 15.3. The van der Waals surface area contributed by atoms with E-state index in [1.807, 2.05) is 13.8 Å². The molecule has 124 valence electrons. The molecule has 0 saturated carbocycles. The molecule has 7 nitrogen and oxygen atoms in total. The first-order chi connectivity index (χ1) is 9.97. The third kappa shape index (κ3) is 4.54. The number of rotatable bonds is 3. The highest BCUT2D eigenvalue weighted by molar-refractivity contribution is 6.10. The summed E-state index contributed by atoms with van der Waals surface area (Å²) in [6, 6.07) is -0.673. The van der Waals surface area contributed by atoms with Gasteiger partial charge in [-0.15, -0.1) is 0 Å². The normalized spacial score (nSPS) is 19.3. The highest BCUT2D eigenvalue weighted by Crippen LogP contribution is 2.26. The van der Waals surface area contributed by atoms with Crippen molar-refractivity contribution in [1.29, 1.82) is 0 Å². The fourth-order valence-electron chi connectivity index (χ4n) is 1.69. The number of ether oxygens (including phenoxy) is 3. The predicted molar refractivity (Wildman–Crippen MR) is 82.3 cm³/mol. The van der Waals surface area contributed by atoms with Gasteiger partial charge in [-0.05, 0) is 41.5 Å². The smallest absolute Gasteiger partial charge is 0.434 e. The molecular weight excluding hydrogens is 288 g/mol. The number of amides is 1. The van der Waals surface area contributed by atoms with Crippen molar-refractivity contribution in [3.05, 3.63) is 0 Å². The zero-order chi connectivity index (χ0) is 17.1. The molecule has 0 spiro atoms. The Bertz CT molecular complexity index is 515. The third-order valence-corrected chi connectivity index (χ3v) is 3.22. The highest BCUT2D eigenvalue weighted by atomic mass is 16.6. The number of methoxy groups -OCH3 is 1. The Morgan fingerprint density at radius 3 is 2.36 bits per heavy atom. The number of nitrogens with zero attached hydrogens (tertiary/aromatic N) is 2. The van der Waals surface area contributed by atoms with E-state index in [9.17, 15) is 9.59 Å². The number of carbonyl (C=O) groups is 2. The van der Waals surface area contributed by atoms with Crippen LogP contribution in [0.5, 0.6) is 0 Å². The molecule has 0 saturated heterocycles. The fourth-order valence-corrected chi connectivity index (χ4v) is 1.69. The second-order valence-corrected chi connectivity index (χ2v) is 6.59. The zero-order valence-electron chi connectivity index (χ0n) is 14.2. The first kappa shape index (κ1) is 18.1. The van der Waals surface area contributed by atoms with Crippen molar-refractivity contribution >= 4 is 23.7 Å². The summed E-state index contributed by atoms with van der Waals surface area (Å²) in [5.41, 5.74) is -0.840. The summed E-state index contributed by atoms with van der Waals surface area (Å²) in [5, 5.41) is 0. The fraction of sp³-hybridized carbons (Fsp3) is 0.733. The monoisotopic (exact) mass is 312 g/mol. The summed E-state index contributed by atoms with van der Waals surface area (Å²) >= 11 is 0. The van der Waals surface area contributed by atoms with Gasteiger partial charge >= 0.3 is 12.1 Å². The molecule has 0 bridgehead atoms. The van der Waals surface area contributed by atoms with Crippen molar-refractivity contribution in [2.75, 3.05) is 13.7 Å². The number of hydrogen-bond acceptors (Lipinski definition) is 6. The topological polar surface area (TPSA) is 86.6 Å². The molecule has 0 radical (unpaired) electrons. The minimum absolute atomic E-state index is 0.130. The van der Waals surface area contributed by atoms with Gasteiger partial charge in [-0.2, -0.15) is 4.99 Å². The van der Waals surface area contributed by atoms with E-state index in [2.05, 4.69) is 14.7 Å². The molecule has 0 aliphatic carbocycles. The van der Waals surface area contributed by atoms with Crippen LogP contribution < -0.4 is 0 Å². The van der Waals surface area contributed by atoms with E-state index in [-0.39, 0.29) is 6.61 Å². The van der Waals surface area contributed by atoms with Gasteiger partial charge in [0.2, 0.25) is 0 Å². The molecule has 1 rings (SSSR count). The molecule has 7 heteroatoms. The first-order valence-corrected chi connectivity index (χ1v) is 7.05. The molecule has 0 aromatic heterocycles. The summed E-state index contributed by atoms with van der Waals surface area (Å²) in [6.45, 7) is 10.8. The Kier molecular flexibility index (Phi) is 5.32. The van der Waals surface area contributed by atoms with Crippen LogP contribution in [0.2, 0.25) is 0 Å². The van der Waals surface area contributed by atoms with Crippen molar-refractivity contribution in [2.45, 2.75) is 53.2 Å². The van der Waals surface area contributed by atoms with Gasteiger partial charge in [0.1, 0.15) is 12.2 Å². The van der Waals surface area contributed by atoms with Gasteiger partial charge in [0.25, 0.3) is 0 Å². The maximum atomic E-state index is 11.8. The van der Waals surface area contributed by atoms with Crippen LogP contribution in [0, 0.1) is 5.41 Å². The van der Waals surface area contributed by atoms with Crippen LogP contribution in [0.1, 0.15) is 41.5 Å². The van der Waals surface area contributed by atoms with Crippen molar-refractivity contribution in [2.24, 2.45) is 15.4 Å². The molecule has 1 atom stereocenters. The van der Waals surface area contributed by atoms with Gasteiger partial charge < -0.3 is 14.2 Å². The van der Waals surface area contributed by atoms with Gasteiger partial charge in [0.15, 0.2) is 11.9 Å². The van der Waals surface area contributed by atoms with Crippen LogP contribution in [0.15, 0.2) is 9.98 Å². The summed E-state index contributed by atoms with van der Waals surface area (Å²) in [7, 11) is 1.30. The van der Waals surface area contributed by atoms with E-state index in [1.165, 1.54) is 7.11 Å². The lowest BCUT2D eigenvalue weighted by Crippen LogP contribution is -2.33. The summed E-state index contributed by atoms with van der Waals surface area (Å²) in [4.78, 5) is 31.4. The lowest BCUT2D eigenvalue weighted by Gasteiger charge is -2.24. The van der Waals surface area contributed by atoms with Gasteiger partial charge in [-0.25, -0.2) is 14.6 Å². The molecule has 0 N–H and O–H groups in total. The average molecular weight is 312 g/mol. The van der Waals surface area contributed by atoms with Crippen LogP contribution in [0.4, 0.5) is 4.79 Å². The van der Waals surface area contributed by atoms with E-state index >= 15 is 0 Å². The van der Waals surface area contributed by atoms with Gasteiger partial charge in [0, 0.05) is 5.71 Å². The number of carbonyl (C=O) groups excluding carboxylic acids is 2. The lowest BCUT2D eigenvalue weighted by molar-refractivity contribution is -0.142. The SMILES string of the molecule is COC(=O)C1COC(C(C)(C)/C(C)=N/C(=O)OC(C)(C)C)=N1. The minimum Gasteiger partial charge on any atom is -0.477 e. The Labute approximate surface area is 130 Å². The number of esters is 1. The predicted octanol–water partition coefficient (Wildman–Crippen LogP) is 2.38. The average Bonchev–Trinajstić information content (AvgIpc) is 2.85. The van der Waals surface area contributed by atoms with Crippen molar-refractivity contribution in [3.63, 3.8) is 0 Å². The molecule has 1 heterocycles. The third-order valence-electron chi connectivity index (χ3n) is 3.22. The van der Waals surface area contributed by atoms with Crippen LogP contribution >= 0.6 is 0 Å². The molecule has 22 heavy (non-hydrogen) atoms. The second kappa shape index (κ2) is 6.46. The molecule has 0 aromatic rings. The largest absolute Gasteiger partial charge is 0.477 e. The Balaban J connectivity index is 2.89. The quantitative estimate of drug-likeness (QED) is 0.590. The highest BCUT2D eigenvalue weighted by Gasteiger charge is 2.38. The maximum absolute atomic E-state index is 11.8. The van der Waals surface area contributed by atoms with Crippen LogP contribution in [-0.2, 0) is 19.0 Å². The lowest BCUT2D eigenvalue weighted by atomic mass is 9.88. The zero-order valence-corrected chi connectivity index (χ0v) is 14.2. The van der Waals surface area contributed by atoms with Gasteiger partial charge in [0.05, 0.1) is 12.5 Å². The standard InChI is InChI=1S/C15H24N2O5/c1-9(16-13(19)22-14(2,3)4)15(5,6)12-17-10(8-21-12)11(18)20-7/h10H,8H2,1-7H3/b16-9+. The second-order valence-electron chi connectivity index (χ2n) is 6.59.